The molecule has 2 N–H and O–H groups in total. The molecule has 8 nitrogen and oxygen atoms in total. The zero-order valence-electron chi connectivity index (χ0n) is 16.1. The summed E-state index contributed by atoms with van der Waals surface area (Å²) in [5.74, 6) is 2.15. The molecule has 1 aromatic carbocycles. The second kappa shape index (κ2) is 9.50. The molecule has 2 heterocycles. The summed E-state index contributed by atoms with van der Waals surface area (Å²) < 4.78 is 6.80. The van der Waals surface area contributed by atoms with E-state index in [9.17, 15) is 4.79 Å². The summed E-state index contributed by atoms with van der Waals surface area (Å²) >= 11 is 0. The molecule has 146 valence electrons. The number of nitrogens with one attached hydrogen (secondary N) is 2. The number of aromatic nitrogens is 4. The van der Waals surface area contributed by atoms with E-state index in [1.54, 1.807) is 11.8 Å². The molecule has 0 saturated heterocycles. The Morgan fingerprint density at radius 1 is 1.07 bits per heavy atom. The molecule has 0 aliphatic rings. The Morgan fingerprint density at radius 3 is 2.54 bits per heavy atom. The zero-order chi connectivity index (χ0) is 19.8. The van der Waals surface area contributed by atoms with E-state index < -0.39 is 0 Å². The van der Waals surface area contributed by atoms with Crippen molar-refractivity contribution < 1.29 is 9.53 Å². The Kier molecular flexibility index (Phi) is 6.56. The molecule has 8 heteroatoms. The molecule has 2 aromatic heterocycles. The van der Waals surface area contributed by atoms with Gasteiger partial charge in [0.25, 0.3) is 0 Å². The van der Waals surface area contributed by atoms with Crippen LogP contribution in [0.5, 0.6) is 5.75 Å². The van der Waals surface area contributed by atoms with Crippen LogP contribution in [-0.4, -0.2) is 46.1 Å². The van der Waals surface area contributed by atoms with E-state index in [2.05, 4.69) is 25.9 Å². The number of carbonyl (C=O) groups is 1. The number of hydrogen-bond acceptors (Lipinski definition) is 6. The van der Waals surface area contributed by atoms with E-state index in [0.717, 1.165) is 17.0 Å². The first kappa shape index (κ1) is 19.3. The van der Waals surface area contributed by atoms with E-state index in [0.29, 0.717) is 37.6 Å². The average Bonchev–Trinajstić information content (AvgIpc) is 3.17. The second-order valence-electron chi connectivity index (χ2n) is 6.30. The standard InChI is InChI=1S/C20H24N6O2/c1-15-11-14-26(25-15)19-9-8-18(23-24-19)21-12-13-22-20(27)10-5-16-3-6-17(28-2)7-4-16/h3-4,6-9,11,14H,5,10,12-13H2,1-2H3,(H,21,23)(H,22,27). The van der Waals surface area contributed by atoms with Crippen LogP contribution in [-0.2, 0) is 11.2 Å². The molecule has 0 spiro atoms. The van der Waals surface area contributed by atoms with Crippen molar-refractivity contribution in [2.75, 3.05) is 25.5 Å². The summed E-state index contributed by atoms with van der Waals surface area (Å²) in [5, 5.41) is 18.6. The number of hydrogen-bond donors (Lipinski definition) is 2. The van der Waals surface area contributed by atoms with E-state index in [4.69, 9.17) is 4.74 Å². The maximum atomic E-state index is 12.0. The van der Waals surface area contributed by atoms with Gasteiger partial charge in [0.1, 0.15) is 11.6 Å². The van der Waals surface area contributed by atoms with Gasteiger partial charge in [0, 0.05) is 25.7 Å². The molecular weight excluding hydrogens is 356 g/mol. The van der Waals surface area contributed by atoms with Crippen LogP contribution in [0.15, 0.2) is 48.7 Å². The summed E-state index contributed by atoms with van der Waals surface area (Å²) in [7, 11) is 1.64. The topological polar surface area (TPSA) is 94.0 Å². The number of methoxy groups -OCH3 is 1. The molecule has 0 radical (unpaired) electrons. The van der Waals surface area contributed by atoms with Crippen LogP contribution < -0.4 is 15.4 Å². The van der Waals surface area contributed by atoms with Gasteiger partial charge in [-0.05, 0) is 49.2 Å². The molecule has 0 saturated carbocycles. The first-order valence-electron chi connectivity index (χ1n) is 9.14. The van der Waals surface area contributed by atoms with Gasteiger partial charge in [-0.15, -0.1) is 10.2 Å². The zero-order valence-corrected chi connectivity index (χ0v) is 16.1. The predicted octanol–water partition coefficient (Wildman–Crippen LogP) is 2.14. The third-order valence-electron chi connectivity index (χ3n) is 4.16. The quantitative estimate of drug-likeness (QED) is 0.553. The van der Waals surface area contributed by atoms with Gasteiger partial charge in [-0.3, -0.25) is 4.79 Å². The number of carbonyl (C=O) groups excluding carboxylic acids is 1. The Labute approximate surface area is 163 Å². The van der Waals surface area contributed by atoms with Crippen LogP contribution in [0.3, 0.4) is 0 Å². The van der Waals surface area contributed by atoms with E-state index in [-0.39, 0.29) is 5.91 Å². The second-order valence-corrected chi connectivity index (χ2v) is 6.30. The largest absolute Gasteiger partial charge is 0.497 e. The molecule has 3 aromatic rings. The lowest BCUT2D eigenvalue weighted by Gasteiger charge is -2.08. The highest BCUT2D eigenvalue weighted by Gasteiger charge is 2.04. The van der Waals surface area contributed by atoms with Crippen molar-refractivity contribution in [3.8, 4) is 11.6 Å². The van der Waals surface area contributed by atoms with Crippen LogP contribution in [0, 0.1) is 6.92 Å². The fourth-order valence-corrected chi connectivity index (χ4v) is 2.62. The first-order valence-corrected chi connectivity index (χ1v) is 9.14. The minimum Gasteiger partial charge on any atom is -0.497 e. The van der Waals surface area contributed by atoms with Crippen LogP contribution in [0.2, 0.25) is 0 Å². The van der Waals surface area contributed by atoms with E-state index in [1.165, 1.54) is 0 Å². The summed E-state index contributed by atoms with van der Waals surface area (Å²) in [5.41, 5.74) is 2.03. The Hall–Kier alpha value is -3.42. The van der Waals surface area contributed by atoms with Gasteiger partial charge in [-0.2, -0.15) is 5.10 Å². The van der Waals surface area contributed by atoms with Crippen molar-refractivity contribution in [2.24, 2.45) is 0 Å². The van der Waals surface area contributed by atoms with E-state index in [1.807, 2.05) is 55.6 Å². The molecule has 0 unspecified atom stereocenters. The lowest BCUT2D eigenvalue weighted by molar-refractivity contribution is -0.120. The highest BCUT2D eigenvalue weighted by Crippen LogP contribution is 2.12. The fourth-order valence-electron chi connectivity index (χ4n) is 2.62. The average molecular weight is 380 g/mol. The highest BCUT2D eigenvalue weighted by atomic mass is 16.5. The smallest absolute Gasteiger partial charge is 0.220 e. The number of benzene rings is 1. The highest BCUT2D eigenvalue weighted by molar-refractivity contribution is 5.76. The van der Waals surface area contributed by atoms with Gasteiger partial charge >= 0.3 is 0 Å². The third kappa shape index (κ3) is 5.54. The minimum atomic E-state index is 0.0214. The monoisotopic (exact) mass is 380 g/mol. The van der Waals surface area contributed by atoms with Crippen molar-refractivity contribution in [1.82, 2.24) is 25.3 Å². The SMILES string of the molecule is COc1ccc(CCC(=O)NCCNc2ccc(-n3ccc(C)n3)nn2)cc1. The number of aryl methyl sites for hydroxylation is 2. The van der Waals surface area contributed by atoms with Crippen LogP contribution in [0.4, 0.5) is 5.82 Å². The van der Waals surface area contributed by atoms with Gasteiger partial charge in [0.15, 0.2) is 5.82 Å². The number of anilines is 1. The lowest BCUT2D eigenvalue weighted by Crippen LogP contribution is -2.29. The van der Waals surface area contributed by atoms with Gasteiger partial charge in [0.2, 0.25) is 5.91 Å². The fraction of sp³-hybridized carbons (Fsp3) is 0.300. The van der Waals surface area contributed by atoms with Crippen LogP contribution in [0.25, 0.3) is 5.82 Å². The molecule has 0 fully saturated rings. The number of nitrogens with zero attached hydrogens (tertiary/aromatic N) is 4. The number of amides is 1. The van der Waals surface area contributed by atoms with Crippen LogP contribution in [0.1, 0.15) is 17.7 Å². The van der Waals surface area contributed by atoms with Crippen molar-refractivity contribution in [3.05, 3.63) is 59.9 Å². The predicted molar refractivity (Wildman–Crippen MR) is 107 cm³/mol. The molecule has 1 amide bonds. The van der Waals surface area contributed by atoms with Gasteiger partial charge in [-0.25, -0.2) is 4.68 Å². The number of rotatable bonds is 9. The molecule has 0 bridgehead atoms. The van der Waals surface area contributed by atoms with Crippen molar-refractivity contribution in [1.29, 1.82) is 0 Å². The summed E-state index contributed by atoms with van der Waals surface area (Å²) in [4.78, 5) is 12.0. The maximum Gasteiger partial charge on any atom is 0.220 e. The third-order valence-corrected chi connectivity index (χ3v) is 4.16. The first-order chi connectivity index (χ1) is 13.6. The normalized spacial score (nSPS) is 10.5. The van der Waals surface area contributed by atoms with Crippen molar-refractivity contribution >= 4 is 11.7 Å². The Bertz CT molecular complexity index is 890. The molecule has 3 rings (SSSR count). The summed E-state index contributed by atoms with van der Waals surface area (Å²) in [6.45, 7) is 3.01. The molecule has 0 aliphatic carbocycles. The Balaban J connectivity index is 1.35. The van der Waals surface area contributed by atoms with Crippen molar-refractivity contribution in [2.45, 2.75) is 19.8 Å². The van der Waals surface area contributed by atoms with Gasteiger partial charge in [0.05, 0.1) is 12.8 Å². The van der Waals surface area contributed by atoms with Gasteiger partial charge < -0.3 is 15.4 Å². The minimum absolute atomic E-state index is 0.0214. The molecule has 28 heavy (non-hydrogen) atoms. The number of ether oxygens (including phenoxy) is 1. The molecule has 0 atom stereocenters. The molecule has 0 aliphatic heterocycles. The Morgan fingerprint density at radius 2 is 1.89 bits per heavy atom. The summed E-state index contributed by atoms with van der Waals surface area (Å²) in [6, 6.07) is 13.3. The van der Waals surface area contributed by atoms with E-state index >= 15 is 0 Å². The lowest BCUT2D eigenvalue weighted by atomic mass is 10.1. The summed E-state index contributed by atoms with van der Waals surface area (Å²) in [6.07, 6.45) is 2.99. The van der Waals surface area contributed by atoms with Crippen molar-refractivity contribution in [3.63, 3.8) is 0 Å². The van der Waals surface area contributed by atoms with Gasteiger partial charge in [-0.1, -0.05) is 12.1 Å². The maximum absolute atomic E-state index is 12.0. The molecular formula is C20H24N6O2. The van der Waals surface area contributed by atoms with Crippen LogP contribution >= 0.6 is 0 Å².